The molecule has 0 saturated carbocycles. The zero-order valence-electron chi connectivity index (χ0n) is 20.1. The van der Waals surface area contributed by atoms with E-state index in [1.54, 1.807) is 6.20 Å². The van der Waals surface area contributed by atoms with Crippen molar-refractivity contribution < 1.29 is 0 Å². The van der Waals surface area contributed by atoms with Gasteiger partial charge in [0.1, 0.15) is 11.9 Å². The van der Waals surface area contributed by atoms with Crippen molar-refractivity contribution in [3.63, 3.8) is 0 Å². The molecule has 9 nitrogen and oxygen atoms in total. The number of hydrogen-bond acceptors (Lipinski definition) is 9. The molecule has 0 amide bonds. The first-order chi connectivity index (χ1) is 17.2. The van der Waals surface area contributed by atoms with Crippen LogP contribution in [-0.4, -0.2) is 90.8 Å². The second-order valence-corrected chi connectivity index (χ2v) is 9.69. The lowest BCUT2D eigenvalue weighted by Crippen LogP contribution is -2.65. The van der Waals surface area contributed by atoms with Crippen LogP contribution in [0.5, 0.6) is 0 Å². The Hall–Kier alpha value is -3.48. The number of aromatic nitrogens is 3. The molecule has 3 aromatic rings. The van der Waals surface area contributed by atoms with Crippen molar-refractivity contribution in [2.24, 2.45) is 0 Å². The Kier molecular flexibility index (Phi) is 5.84. The number of rotatable bonds is 3. The van der Waals surface area contributed by atoms with Gasteiger partial charge in [-0.1, -0.05) is 0 Å². The van der Waals surface area contributed by atoms with Gasteiger partial charge in [0.25, 0.3) is 0 Å². The molecule has 35 heavy (non-hydrogen) atoms. The third-order valence-corrected chi connectivity index (χ3v) is 7.57. The maximum Gasteiger partial charge on any atom is 0.227 e. The zero-order chi connectivity index (χ0) is 23.8. The van der Waals surface area contributed by atoms with Crippen LogP contribution < -0.4 is 20.0 Å². The number of nitriles is 1. The smallest absolute Gasteiger partial charge is 0.227 e. The highest BCUT2D eigenvalue weighted by Gasteiger charge is 2.37. The molecule has 3 fully saturated rings. The Morgan fingerprint density at radius 2 is 1.77 bits per heavy atom. The van der Waals surface area contributed by atoms with Gasteiger partial charge >= 0.3 is 0 Å². The number of hydrogen-bond donors (Lipinski definition) is 1. The minimum Gasteiger partial charge on any atom is -0.368 e. The molecule has 3 saturated heterocycles. The van der Waals surface area contributed by atoms with Crippen molar-refractivity contribution in [3.8, 4) is 6.07 Å². The number of fused-ring (bicyclic) bond motifs is 2. The summed E-state index contributed by atoms with van der Waals surface area (Å²) in [6, 6.07) is 13.2. The van der Waals surface area contributed by atoms with Gasteiger partial charge in [-0.2, -0.15) is 10.2 Å². The first-order valence-corrected chi connectivity index (χ1v) is 12.5. The first kappa shape index (κ1) is 22.0. The van der Waals surface area contributed by atoms with Gasteiger partial charge in [-0.3, -0.25) is 9.88 Å². The topological polar surface area (TPSA) is 87.5 Å². The van der Waals surface area contributed by atoms with E-state index < -0.39 is 0 Å². The van der Waals surface area contributed by atoms with Crippen molar-refractivity contribution >= 4 is 28.4 Å². The van der Waals surface area contributed by atoms with E-state index in [0.29, 0.717) is 17.6 Å². The molecule has 1 N–H and O–H groups in total. The predicted molar refractivity (Wildman–Crippen MR) is 138 cm³/mol. The van der Waals surface area contributed by atoms with Crippen molar-refractivity contribution in [1.82, 2.24) is 25.2 Å². The van der Waals surface area contributed by atoms with Crippen LogP contribution in [0.4, 0.5) is 17.5 Å². The molecule has 2 atom stereocenters. The molecule has 1 unspecified atom stereocenters. The summed E-state index contributed by atoms with van der Waals surface area (Å²) >= 11 is 0. The second kappa shape index (κ2) is 9.29. The van der Waals surface area contributed by atoms with Crippen molar-refractivity contribution in [2.45, 2.75) is 19.0 Å². The summed E-state index contributed by atoms with van der Waals surface area (Å²) in [5.41, 5.74) is 2.57. The van der Waals surface area contributed by atoms with E-state index in [1.165, 1.54) is 0 Å². The number of pyridine rings is 1. The number of anilines is 3. The normalized spacial score (nSPS) is 23.3. The Morgan fingerprint density at radius 3 is 2.63 bits per heavy atom. The van der Waals surface area contributed by atoms with E-state index in [1.807, 2.05) is 24.4 Å². The lowest BCUT2D eigenvalue weighted by Gasteiger charge is -2.51. The standard InChI is InChI=1S/C26H31N9/c1-19-16-34(23-5-4-20(15-27)25-22(23)3-2-7-29-25)18-21-17-33(13-14-35(19)21)26-30-8-6-24(31-26)32-11-9-28-10-12-32/h2-8,19,21,28H,9-14,16-18H2,1H3/t19-,21?/m1/s1. The zero-order valence-corrected chi connectivity index (χ0v) is 20.1. The van der Waals surface area contributed by atoms with Gasteiger partial charge in [0.2, 0.25) is 5.95 Å². The molecule has 0 spiro atoms. The third kappa shape index (κ3) is 4.13. The van der Waals surface area contributed by atoms with Gasteiger partial charge in [0.05, 0.1) is 11.1 Å². The number of piperazine rings is 3. The largest absolute Gasteiger partial charge is 0.368 e. The Morgan fingerprint density at radius 1 is 0.914 bits per heavy atom. The van der Waals surface area contributed by atoms with E-state index in [9.17, 15) is 5.26 Å². The van der Waals surface area contributed by atoms with Crippen LogP contribution in [0.3, 0.4) is 0 Å². The van der Waals surface area contributed by atoms with Crippen LogP contribution in [0.1, 0.15) is 12.5 Å². The van der Waals surface area contributed by atoms with Crippen molar-refractivity contribution in [3.05, 3.63) is 48.3 Å². The fourth-order valence-electron chi connectivity index (χ4n) is 5.83. The average molecular weight is 470 g/mol. The lowest BCUT2D eigenvalue weighted by molar-refractivity contribution is 0.108. The molecule has 180 valence electrons. The Balaban J connectivity index is 1.24. The summed E-state index contributed by atoms with van der Waals surface area (Å²) in [4.78, 5) is 23.9. The molecule has 0 bridgehead atoms. The SMILES string of the molecule is C[C@@H]1CN(c2ccc(C#N)c3ncccc23)CC2CN(c3nccc(N4CCNCC4)n3)CCN21. The average Bonchev–Trinajstić information content (AvgIpc) is 2.92. The molecule has 9 heteroatoms. The summed E-state index contributed by atoms with van der Waals surface area (Å²) < 4.78 is 0. The van der Waals surface area contributed by atoms with E-state index in [-0.39, 0.29) is 0 Å². The van der Waals surface area contributed by atoms with Crippen LogP contribution in [0.2, 0.25) is 0 Å². The molecular formula is C26H31N9. The molecule has 2 aromatic heterocycles. The maximum absolute atomic E-state index is 9.54. The lowest BCUT2D eigenvalue weighted by atomic mass is 10.0. The van der Waals surface area contributed by atoms with E-state index in [2.05, 4.69) is 60.0 Å². The van der Waals surface area contributed by atoms with Gasteiger partial charge in [0.15, 0.2) is 0 Å². The van der Waals surface area contributed by atoms with Crippen LogP contribution >= 0.6 is 0 Å². The van der Waals surface area contributed by atoms with Crippen molar-refractivity contribution in [2.75, 3.05) is 73.6 Å². The molecule has 0 radical (unpaired) electrons. The highest BCUT2D eigenvalue weighted by atomic mass is 15.4. The summed E-state index contributed by atoms with van der Waals surface area (Å²) in [5, 5.41) is 14.0. The number of benzene rings is 1. The predicted octanol–water partition coefficient (Wildman–Crippen LogP) is 1.71. The van der Waals surface area contributed by atoms with Gasteiger partial charge in [-0.15, -0.1) is 0 Å². The molecule has 6 rings (SSSR count). The first-order valence-electron chi connectivity index (χ1n) is 12.5. The number of nitrogens with one attached hydrogen (secondary N) is 1. The molecule has 3 aliphatic rings. The van der Waals surface area contributed by atoms with Gasteiger partial charge in [0, 0.05) is 94.5 Å². The van der Waals surface area contributed by atoms with E-state index in [4.69, 9.17) is 4.98 Å². The highest BCUT2D eigenvalue weighted by molar-refractivity contribution is 5.95. The molecule has 5 heterocycles. The minimum absolute atomic E-state index is 0.376. The van der Waals surface area contributed by atoms with Gasteiger partial charge < -0.3 is 20.0 Å². The second-order valence-electron chi connectivity index (χ2n) is 9.69. The Bertz CT molecular complexity index is 1250. The van der Waals surface area contributed by atoms with Crippen LogP contribution in [0.25, 0.3) is 10.9 Å². The highest BCUT2D eigenvalue weighted by Crippen LogP contribution is 2.32. The molecule has 1 aromatic carbocycles. The summed E-state index contributed by atoms with van der Waals surface area (Å²) in [6.45, 7) is 11.0. The monoisotopic (exact) mass is 469 g/mol. The van der Waals surface area contributed by atoms with Crippen LogP contribution in [0.15, 0.2) is 42.7 Å². The Labute approximate surface area is 206 Å². The third-order valence-electron chi connectivity index (χ3n) is 7.57. The van der Waals surface area contributed by atoms with Gasteiger partial charge in [-0.25, -0.2) is 4.98 Å². The summed E-state index contributed by atoms with van der Waals surface area (Å²) in [7, 11) is 0. The molecular weight excluding hydrogens is 438 g/mol. The summed E-state index contributed by atoms with van der Waals surface area (Å²) in [6.07, 6.45) is 3.67. The summed E-state index contributed by atoms with van der Waals surface area (Å²) in [5.74, 6) is 1.85. The molecule has 0 aliphatic carbocycles. The van der Waals surface area contributed by atoms with Gasteiger partial charge in [-0.05, 0) is 37.3 Å². The quantitative estimate of drug-likeness (QED) is 0.616. The molecule has 3 aliphatic heterocycles. The van der Waals surface area contributed by atoms with E-state index in [0.717, 1.165) is 87.3 Å². The fourth-order valence-corrected chi connectivity index (χ4v) is 5.83. The van der Waals surface area contributed by atoms with Crippen LogP contribution in [0, 0.1) is 11.3 Å². The fraction of sp³-hybridized carbons (Fsp3) is 0.462. The van der Waals surface area contributed by atoms with Crippen molar-refractivity contribution in [1.29, 1.82) is 5.26 Å². The maximum atomic E-state index is 9.54. The van der Waals surface area contributed by atoms with E-state index >= 15 is 0 Å². The minimum atomic E-state index is 0.376. The van der Waals surface area contributed by atoms with Crippen LogP contribution in [-0.2, 0) is 0 Å². The number of nitrogens with zero attached hydrogens (tertiary/aromatic N) is 8.